The van der Waals surface area contributed by atoms with E-state index in [4.69, 9.17) is 0 Å². The Morgan fingerprint density at radius 2 is 1.55 bits per heavy atom. The van der Waals surface area contributed by atoms with E-state index in [0.717, 1.165) is 6.54 Å². The monoisotopic (exact) mass is 276 g/mol. The molecule has 0 spiro atoms. The Kier molecular flexibility index (Phi) is 7.08. The molecule has 114 valence electrons. The molecule has 1 atom stereocenters. The minimum absolute atomic E-state index is 0.413. The summed E-state index contributed by atoms with van der Waals surface area (Å²) in [6, 6.07) is 10.1. The van der Waals surface area contributed by atoms with Crippen molar-refractivity contribution < 1.29 is 0 Å². The zero-order chi connectivity index (χ0) is 15.1. The summed E-state index contributed by atoms with van der Waals surface area (Å²) >= 11 is 0. The Labute approximate surface area is 125 Å². The third-order valence-corrected chi connectivity index (χ3v) is 4.10. The van der Waals surface area contributed by atoms with Crippen LogP contribution in [0.15, 0.2) is 24.3 Å². The van der Waals surface area contributed by atoms with E-state index in [9.17, 15) is 0 Å². The molecule has 0 amide bonds. The highest BCUT2D eigenvalue weighted by atomic mass is 15.2. The Morgan fingerprint density at radius 1 is 1.00 bits per heavy atom. The lowest BCUT2D eigenvalue weighted by Crippen LogP contribution is -2.37. The summed E-state index contributed by atoms with van der Waals surface area (Å²) in [5.41, 5.74) is 2.71. The van der Waals surface area contributed by atoms with Gasteiger partial charge in [-0.05, 0) is 50.4 Å². The van der Waals surface area contributed by atoms with Gasteiger partial charge in [0.1, 0.15) is 0 Å². The molecule has 1 N–H and O–H groups in total. The van der Waals surface area contributed by atoms with E-state index in [1.54, 1.807) is 0 Å². The number of hydrogen-bond donors (Lipinski definition) is 1. The molecule has 2 heteroatoms. The largest absolute Gasteiger partial charge is 0.368 e. The fourth-order valence-electron chi connectivity index (χ4n) is 2.71. The van der Waals surface area contributed by atoms with E-state index in [0.29, 0.717) is 18.0 Å². The maximum Gasteiger partial charge on any atom is 0.0368 e. The number of anilines is 1. The third-order valence-electron chi connectivity index (χ3n) is 4.10. The van der Waals surface area contributed by atoms with Crippen LogP contribution in [0, 0.1) is 5.92 Å². The molecule has 0 heterocycles. The predicted molar refractivity (Wildman–Crippen MR) is 90.5 cm³/mol. The standard InChI is InChI=1S/C18H32N2/c1-7-17(8-2)20(13-14(3)4)18-11-9-16(10-12-18)15(5)19-6/h9-12,14-15,17,19H,7-8,13H2,1-6H3. The van der Waals surface area contributed by atoms with E-state index in [-0.39, 0.29) is 0 Å². The minimum Gasteiger partial charge on any atom is -0.368 e. The first-order chi connectivity index (χ1) is 9.53. The van der Waals surface area contributed by atoms with Gasteiger partial charge in [-0.25, -0.2) is 0 Å². The fraction of sp³-hybridized carbons (Fsp3) is 0.667. The highest BCUT2D eigenvalue weighted by Gasteiger charge is 2.17. The van der Waals surface area contributed by atoms with Gasteiger partial charge in [0.15, 0.2) is 0 Å². The normalized spacial score (nSPS) is 13.0. The zero-order valence-electron chi connectivity index (χ0n) is 14.1. The van der Waals surface area contributed by atoms with Gasteiger partial charge in [0, 0.05) is 24.3 Å². The molecule has 0 saturated carbocycles. The zero-order valence-corrected chi connectivity index (χ0v) is 14.1. The van der Waals surface area contributed by atoms with Crippen molar-refractivity contribution in [3.63, 3.8) is 0 Å². The molecule has 0 aliphatic rings. The average Bonchev–Trinajstić information content (AvgIpc) is 2.46. The van der Waals surface area contributed by atoms with E-state index in [2.05, 4.69) is 69.1 Å². The van der Waals surface area contributed by atoms with Crippen molar-refractivity contribution >= 4 is 5.69 Å². The van der Waals surface area contributed by atoms with Crippen molar-refractivity contribution in [3.05, 3.63) is 29.8 Å². The van der Waals surface area contributed by atoms with Gasteiger partial charge in [-0.2, -0.15) is 0 Å². The third kappa shape index (κ3) is 4.52. The topological polar surface area (TPSA) is 15.3 Å². The molecule has 0 aliphatic carbocycles. The molecule has 2 nitrogen and oxygen atoms in total. The van der Waals surface area contributed by atoms with Crippen molar-refractivity contribution in [1.29, 1.82) is 0 Å². The van der Waals surface area contributed by atoms with Gasteiger partial charge >= 0.3 is 0 Å². The van der Waals surface area contributed by atoms with Crippen LogP contribution < -0.4 is 10.2 Å². The summed E-state index contributed by atoms with van der Waals surface area (Å²) < 4.78 is 0. The number of nitrogens with one attached hydrogen (secondary N) is 1. The Hall–Kier alpha value is -1.02. The SMILES string of the molecule is CCC(CC)N(CC(C)C)c1ccc(C(C)NC)cc1. The molecule has 1 unspecified atom stereocenters. The van der Waals surface area contributed by atoms with Gasteiger partial charge in [0.05, 0.1) is 0 Å². The van der Waals surface area contributed by atoms with E-state index < -0.39 is 0 Å². The molecule has 0 aromatic heterocycles. The molecule has 1 aromatic carbocycles. The predicted octanol–water partition coefficient (Wildman–Crippen LogP) is 4.62. The van der Waals surface area contributed by atoms with Crippen LogP contribution >= 0.6 is 0 Å². The van der Waals surface area contributed by atoms with E-state index in [1.165, 1.54) is 24.1 Å². The summed E-state index contributed by atoms with van der Waals surface area (Å²) in [5, 5.41) is 3.29. The second-order valence-corrected chi connectivity index (χ2v) is 6.12. The van der Waals surface area contributed by atoms with Crippen LogP contribution in [0.25, 0.3) is 0 Å². The van der Waals surface area contributed by atoms with Crippen LogP contribution in [-0.4, -0.2) is 19.6 Å². The molecular formula is C18H32N2. The average molecular weight is 276 g/mol. The summed E-state index contributed by atoms with van der Waals surface area (Å²) in [7, 11) is 2.01. The first-order valence-corrected chi connectivity index (χ1v) is 8.07. The molecule has 20 heavy (non-hydrogen) atoms. The fourth-order valence-corrected chi connectivity index (χ4v) is 2.71. The van der Waals surface area contributed by atoms with Crippen molar-refractivity contribution in [2.75, 3.05) is 18.5 Å². The lowest BCUT2D eigenvalue weighted by Gasteiger charge is -2.34. The quantitative estimate of drug-likeness (QED) is 0.745. The lowest BCUT2D eigenvalue weighted by atomic mass is 10.0. The van der Waals surface area contributed by atoms with Crippen LogP contribution in [-0.2, 0) is 0 Å². The second kappa shape index (κ2) is 8.31. The van der Waals surface area contributed by atoms with Crippen LogP contribution in [0.1, 0.15) is 59.1 Å². The highest BCUT2D eigenvalue weighted by molar-refractivity contribution is 5.49. The first-order valence-electron chi connectivity index (χ1n) is 8.07. The summed E-state index contributed by atoms with van der Waals surface area (Å²) in [5.74, 6) is 0.687. The van der Waals surface area contributed by atoms with Crippen LogP contribution in [0.4, 0.5) is 5.69 Å². The highest BCUT2D eigenvalue weighted by Crippen LogP contribution is 2.24. The van der Waals surface area contributed by atoms with Gasteiger partial charge in [-0.1, -0.05) is 39.8 Å². The molecule has 0 aliphatic heterocycles. The molecule has 1 aromatic rings. The van der Waals surface area contributed by atoms with Crippen LogP contribution in [0.2, 0.25) is 0 Å². The van der Waals surface area contributed by atoms with Gasteiger partial charge in [-0.15, -0.1) is 0 Å². The summed E-state index contributed by atoms with van der Waals surface area (Å²) in [6.07, 6.45) is 2.41. The summed E-state index contributed by atoms with van der Waals surface area (Å²) in [6.45, 7) is 12.5. The molecular weight excluding hydrogens is 244 g/mol. The number of hydrogen-bond acceptors (Lipinski definition) is 2. The Morgan fingerprint density at radius 3 is 1.95 bits per heavy atom. The summed E-state index contributed by atoms with van der Waals surface area (Å²) in [4.78, 5) is 2.58. The smallest absolute Gasteiger partial charge is 0.0368 e. The van der Waals surface area contributed by atoms with Crippen molar-refractivity contribution in [3.8, 4) is 0 Å². The van der Waals surface area contributed by atoms with Gasteiger partial charge in [-0.3, -0.25) is 0 Å². The number of nitrogens with zero attached hydrogens (tertiary/aromatic N) is 1. The van der Waals surface area contributed by atoms with E-state index in [1.807, 2.05) is 7.05 Å². The van der Waals surface area contributed by atoms with Crippen LogP contribution in [0.5, 0.6) is 0 Å². The molecule has 0 fully saturated rings. The maximum absolute atomic E-state index is 3.29. The lowest BCUT2D eigenvalue weighted by molar-refractivity contribution is 0.507. The number of rotatable bonds is 8. The first kappa shape index (κ1) is 17.0. The van der Waals surface area contributed by atoms with Crippen molar-refractivity contribution in [2.24, 2.45) is 5.92 Å². The van der Waals surface area contributed by atoms with E-state index >= 15 is 0 Å². The molecule has 0 bridgehead atoms. The van der Waals surface area contributed by atoms with Gasteiger partial charge in [0.2, 0.25) is 0 Å². The molecule has 0 saturated heterocycles. The van der Waals surface area contributed by atoms with Gasteiger partial charge < -0.3 is 10.2 Å². The molecule has 0 radical (unpaired) electrons. The Balaban J connectivity index is 2.95. The minimum atomic E-state index is 0.413. The van der Waals surface area contributed by atoms with Gasteiger partial charge in [0.25, 0.3) is 0 Å². The van der Waals surface area contributed by atoms with Crippen LogP contribution in [0.3, 0.4) is 0 Å². The van der Waals surface area contributed by atoms with Crippen molar-refractivity contribution in [2.45, 2.75) is 59.5 Å². The second-order valence-electron chi connectivity index (χ2n) is 6.12. The number of benzene rings is 1. The maximum atomic E-state index is 3.29. The molecule has 1 rings (SSSR count). The Bertz CT molecular complexity index is 366. The van der Waals surface area contributed by atoms with Crippen molar-refractivity contribution in [1.82, 2.24) is 5.32 Å².